The molecular weight excluding hydrogens is 342 g/mol. The number of benzene rings is 2. The largest absolute Gasteiger partial charge is 0.488 e. The summed E-state index contributed by atoms with van der Waals surface area (Å²) in [4.78, 5) is 14.9. The molecule has 0 atom stereocenters. The zero-order valence-corrected chi connectivity index (χ0v) is 15.1. The lowest BCUT2D eigenvalue weighted by molar-refractivity contribution is 0.0998. The molecule has 0 aliphatic carbocycles. The Labute approximate surface area is 157 Å². The van der Waals surface area contributed by atoms with Crippen molar-refractivity contribution in [2.75, 3.05) is 37.3 Å². The van der Waals surface area contributed by atoms with Crippen LogP contribution in [0.1, 0.15) is 23.4 Å². The van der Waals surface area contributed by atoms with Gasteiger partial charge in [-0.05, 0) is 50.2 Å². The number of likely N-dealkylation sites (tertiary alicyclic amines) is 1. The number of anilines is 2. The van der Waals surface area contributed by atoms with Gasteiger partial charge in [-0.2, -0.15) is 0 Å². The van der Waals surface area contributed by atoms with Crippen LogP contribution in [-0.2, 0) is 0 Å². The summed E-state index contributed by atoms with van der Waals surface area (Å²) in [5, 5.41) is 3.62. The fourth-order valence-corrected chi connectivity index (χ4v) is 3.35. The Morgan fingerprint density at radius 3 is 2.78 bits per heavy atom. The summed E-state index contributed by atoms with van der Waals surface area (Å²) in [5.74, 6) is 0.543. The normalized spacial score (nSPS) is 14.5. The Bertz CT molecular complexity index is 945. The predicted octanol–water partition coefficient (Wildman–Crippen LogP) is 3.74. The van der Waals surface area contributed by atoms with Gasteiger partial charge in [-0.15, -0.1) is 0 Å². The first-order chi connectivity index (χ1) is 13.2. The van der Waals surface area contributed by atoms with Crippen LogP contribution in [-0.4, -0.2) is 37.0 Å². The molecule has 0 radical (unpaired) electrons. The standard InChI is InChI=1S/C21H23N3O3/c22-16-7-1-2-8-17(16)23-21(25)19-14-15-6-5-9-18(20(15)27-19)26-13-12-24-10-3-4-11-24/h1-2,5-9,14H,3-4,10-13,22H2,(H,23,25). The lowest BCUT2D eigenvalue weighted by atomic mass is 10.2. The van der Waals surface area contributed by atoms with E-state index < -0.39 is 0 Å². The molecule has 2 aromatic carbocycles. The third kappa shape index (κ3) is 3.90. The molecule has 0 unspecified atom stereocenters. The lowest BCUT2D eigenvalue weighted by Gasteiger charge is -2.14. The first kappa shape index (κ1) is 17.4. The molecule has 1 aliphatic rings. The van der Waals surface area contributed by atoms with Crippen molar-refractivity contribution in [2.45, 2.75) is 12.8 Å². The summed E-state index contributed by atoms with van der Waals surface area (Å²) in [5.41, 5.74) is 7.54. The van der Waals surface area contributed by atoms with Crippen LogP contribution in [0.2, 0.25) is 0 Å². The molecule has 1 aromatic heterocycles. The minimum Gasteiger partial charge on any atom is -0.488 e. The number of rotatable bonds is 6. The third-order valence-corrected chi connectivity index (χ3v) is 4.80. The topological polar surface area (TPSA) is 80.7 Å². The SMILES string of the molecule is Nc1ccccc1NC(=O)c1cc2cccc(OCCN3CCCC3)c2o1. The van der Waals surface area contributed by atoms with E-state index in [0.717, 1.165) is 25.0 Å². The smallest absolute Gasteiger partial charge is 0.291 e. The molecule has 1 saturated heterocycles. The van der Waals surface area contributed by atoms with Gasteiger partial charge in [0.2, 0.25) is 0 Å². The van der Waals surface area contributed by atoms with Gasteiger partial charge in [0.05, 0.1) is 11.4 Å². The van der Waals surface area contributed by atoms with Crippen LogP contribution in [0.25, 0.3) is 11.0 Å². The van der Waals surface area contributed by atoms with Crippen LogP contribution in [0, 0.1) is 0 Å². The highest BCUT2D eigenvalue weighted by molar-refractivity contribution is 6.06. The van der Waals surface area contributed by atoms with Crippen molar-refractivity contribution < 1.29 is 13.9 Å². The van der Waals surface area contributed by atoms with Gasteiger partial charge in [0, 0.05) is 11.9 Å². The molecule has 140 valence electrons. The summed E-state index contributed by atoms with van der Waals surface area (Å²) in [6.07, 6.45) is 2.52. The van der Waals surface area contributed by atoms with E-state index in [0.29, 0.717) is 29.3 Å². The Morgan fingerprint density at radius 1 is 1.15 bits per heavy atom. The highest BCUT2D eigenvalue weighted by Gasteiger charge is 2.17. The van der Waals surface area contributed by atoms with E-state index in [2.05, 4.69) is 10.2 Å². The van der Waals surface area contributed by atoms with E-state index in [-0.39, 0.29) is 11.7 Å². The first-order valence-corrected chi connectivity index (χ1v) is 9.24. The number of carbonyl (C=O) groups excluding carboxylic acids is 1. The molecule has 27 heavy (non-hydrogen) atoms. The Balaban J connectivity index is 1.48. The summed E-state index contributed by atoms with van der Waals surface area (Å²) < 4.78 is 11.7. The number of ether oxygens (including phenoxy) is 1. The van der Waals surface area contributed by atoms with Gasteiger partial charge in [0.25, 0.3) is 5.91 Å². The van der Waals surface area contributed by atoms with Crippen molar-refractivity contribution in [3.63, 3.8) is 0 Å². The van der Waals surface area contributed by atoms with Gasteiger partial charge in [0.15, 0.2) is 17.1 Å². The summed E-state index contributed by atoms with van der Waals surface area (Å²) in [7, 11) is 0. The van der Waals surface area contributed by atoms with E-state index in [1.165, 1.54) is 12.8 Å². The number of nitrogens with two attached hydrogens (primary N) is 1. The van der Waals surface area contributed by atoms with Crippen molar-refractivity contribution >= 4 is 28.3 Å². The second-order valence-electron chi connectivity index (χ2n) is 6.72. The number of hydrogen-bond acceptors (Lipinski definition) is 5. The second-order valence-corrected chi connectivity index (χ2v) is 6.72. The maximum absolute atomic E-state index is 12.5. The third-order valence-electron chi connectivity index (χ3n) is 4.80. The van der Waals surface area contributed by atoms with Gasteiger partial charge < -0.3 is 20.2 Å². The van der Waals surface area contributed by atoms with Gasteiger partial charge >= 0.3 is 0 Å². The van der Waals surface area contributed by atoms with Crippen molar-refractivity contribution in [3.05, 3.63) is 54.3 Å². The number of amides is 1. The molecule has 4 rings (SSSR count). The van der Waals surface area contributed by atoms with E-state index in [4.69, 9.17) is 14.9 Å². The Morgan fingerprint density at radius 2 is 1.96 bits per heavy atom. The van der Waals surface area contributed by atoms with Gasteiger partial charge in [-0.25, -0.2) is 0 Å². The molecule has 0 bridgehead atoms. The first-order valence-electron chi connectivity index (χ1n) is 9.24. The molecule has 0 saturated carbocycles. The minimum atomic E-state index is -0.341. The van der Waals surface area contributed by atoms with E-state index in [9.17, 15) is 4.79 Å². The quantitative estimate of drug-likeness (QED) is 0.651. The van der Waals surface area contributed by atoms with Crippen LogP contribution >= 0.6 is 0 Å². The Kier molecular flexibility index (Phi) is 4.98. The minimum absolute atomic E-state index is 0.226. The molecule has 3 aromatic rings. The summed E-state index contributed by atoms with van der Waals surface area (Å²) in [6, 6.07) is 14.5. The van der Waals surface area contributed by atoms with Crippen LogP contribution in [0.5, 0.6) is 5.75 Å². The molecule has 3 N–H and O–H groups in total. The van der Waals surface area contributed by atoms with Gasteiger partial charge in [-0.3, -0.25) is 9.69 Å². The highest BCUT2D eigenvalue weighted by Crippen LogP contribution is 2.29. The van der Waals surface area contributed by atoms with Crippen LogP contribution < -0.4 is 15.8 Å². The zero-order valence-electron chi connectivity index (χ0n) is 15.1. The molecule has 2 heterocycles. The number of nitrogen functional groups attached to an aromatic ring is 1. The molecule has 1 aliphatic heterocycles. The van der Waals surface area contributed by atoms with Crippen LogP contribution in [0.15, 0.2) is 52.9 Å². The summed E-state index contributed by atoms with van der Waals surface area (Å²) >= 11 is 0. The monoisotopic (exact) mass is 365 g/mol. The second kappa shape index (κ2) is 7.72. The van der Waals surface area contributed by atoms with Crippen molar-refractivity contribution in [1.82, 2.24) is 4.90 Å². The lowest BCUT2D eigenvalue weighted by Crippen LogP contribution is -2.25. The maximum Gasteiger partial charge on any atom is 0.291 e. The van der Waals surface area contributed by atoms with Gasteiger partial charge in [0.1, 0.15) is 6.61 Å². The van der Waals surface area contributed by atoms with Crippen LogP contribution in [0.4, 0.5) is 11.4 Å². The number of nitrogens with zero attached hydrogens (tertiary/aromatic N) is 1. The molecule has 6 heteroatoms. The number of para-hydroxylation sites is 3. The number of carbonyl (C=O) groups is 1. The van der Waals surface area contributed by atoms with Crippen molar-refractivity contribution in [3.8, 4) is 5.75 Å². The van der Waals surface area contributed by atoms with E-state index >= 15 is 0 Å². The van der Waals surface area contributed by atoms with E-state index in [1.54, 1.807) is 18.2 Å². The van der Waals surface area contributed by atoms with Gasteiger partial charge in [-0.1, -0.05) is 24.3 Å². The summed E-state index contributed by atoms with van der Waals surface area (Å²) in [6.45, 7) is 3.78. The number of furan rings is 1. The van der Waals surface area contributed by atoms with Crippen LogP contribution in [0.3, 0.4) is 0 Å². The number of fused-ring (bicyclic) bond motifs is 1. The zero-order chi connectivity index (χ0) is 18.6. The average Bonchev–Trinajstić information content (AvgIpc) is 3.33. The Hall–Kier alpha value is -2.99. The maximum atomic E-state index is 12.5. The van der Waals surface area contributed by atoms with Crippen molar-refractivity contribution in [1.29, 1.82) is 0 Å². The molecule has 1 amide bonds. The predicted molar refractivity (Wildman–Crippen MR) is 106 cm³/mol. The molecule has 6 nitrogen and oxygen atoms in total. The molecule has 0 spiro atoms. The fraction of sp³-hybridized carbons (Fsp3) is 0.286. The average molecular weight is 365 g/mol. The van der Waals surface area contributed by atoms with Crippen molar-refractivity contribution in [2.24, 2.45) is 0 Å². The van der Waals surface area contributed by atoms with E-state index in [1.807, 2.05) is 30.3 Å². The number of nitrogens with one attached hydrogen (secondary N) is 1. The molecular formula is C21H23N3O3. The number of hydrogen-bond donors (Lipinski definition) is 2. The highest BCUT2D eigenvalue weighted by atomic mass is 16.5. The fourth-order valence-electron chi connectivity index (χ4n) is 3.35. The molecule has 1 fully saturated rings.